The minimum atomic E-state index is -0.760. The van der Waals surface area contributed by atoms with Crippen LogP contribution < -0.4 is 10.9 Å². The summed E-state index contributed by atoms with van der Waals surface area (Å²) in [6.45, 7) is 7.93. The molecule has 0 unspecified atom stereocenters. The molecule has 2 heterocycles. The molecule has 1 aliphatic rings. The summed E-state index contributed by atoms with van der Waals surface area (Å²) in [5.41, 5.74) is 2.93. The second kappa shape index (κ2) is 8.72. The fourth-order valence-corrected chi connectivity index (χ4v) is 6.19. The molecule has 0 atom stereocenters. The van der Waals surface area contributed by atoms with Crippen molar-refractivity contribution in [1.29, 1.82) is 5.26 Å². The van der Waals surface area contributed by atoms with Crippen LogP contribution in [0.4, 0.5) is 0 Å². The number of nitrogens with one attached hydrogen (secondary N) is 1. The maximum atomic E-state index is 13.6. The Bertz CT molecular complexity index is 1310. The summed E-state index contributed by atoms with van der Waals surface area (Å²) in [5.74, 6) is -0.117. The van der Waals surface area contributed by atoms with Gasteiger partial charge in [-0.2, -0.15) is 5.26 Å². The average molecular weight is 467 g/mol. The van der Waals surface area contributed by atoms with Gasteiger partial charge in [0.25, 0.3) is 5.56 Å². The Morgan fingerprint density at radius 3 is 2.66 bits per heavy atom. The van der Waals surface area contributed by atoms with Crippen molar-refractivity contribution in [2.45, 2.75) is 64.1 Å². The number of rotatable bonds is 5. The fraction of sp³-hybridized carbons (Fsp3) is 0.417. The molecular formula is C24H26N4O2S2. The van der Waals surface area contributed by atoms with Gasteiger partial charge in [-0.3, -0.25) is 14.2 Å². The summed E-state index contributed by atoms with van der Waals surface area (Å²) in [6, 6.07) is 8.23. The van der Waals surface area contributed by atoms with Crippen LogP contribution in [0.1, 0.15) is 47.3 Å². The van der Waals surface area contributed by atoms with Gasteiger partial charge in [-0.25, -0.2) is 4.98 Å². The van der Waals surface area contributed by atoms with Gasteiger partial charge in [0.1, 0.15) is 10.4 Å². The lowest BCUT2D eigenvalue weighted by Crippen LogP contribution is -2.45. The van der Waals surface area contributed by atoms with E-state index >= 15 is 0 Å². The lowest BCUT2D eigenvalue weighted by Gasteiger charge is -2.22. The molecule has 4 rings (SSSR count). The smallest absolute Gasteiger partial charge is 0.267 e. The minimum absolute atomic E-state index is 0.0929. The first-order valence-electron chi connectivity index (χ1n) is 10.7. The van der Waals surface area contributed by atoms with E-state index in [1.54, 1.807) is 4.57 Å². The molecule has 32 heavy (non-hydrogen) atoms. The predicted octanol–water partition coefficient (Wildman–Crippen LogP) is 4.73. The molecule has 1 fully saturated rings. The van der Waals surface area contributed by atoms with E-state index in [-0.39, 0.29) is 17.2 Å². The van der Waals surface area contributed by atoms with E-state index in [1.807, 2.05) is 45.9 Å². The van der Waals surface area contributed by atoms with E-state index in [0.717, 1.165) is 40.1 Å². The van der Waals surface area contributed by atoms with Gasteiger partial charge in [0.05, 0.1) is 22.9 Å². The molecule has 6 nitrogen and oxygen atoms in total. The van der Waals surface area contributed by atoms with E-state index < -0.39 is 5.54 Å². The molecule has 1 amide bonds. The van der Waals surface area contributed by atoms with Gasteiger partial charge in [-0.05, 0) is 70.6 Å². The Morgan fingerprint density at radius 1 is 1.28 bits per heavy atom. The van der Waals surface area contributed by atoms with E-state index in [1.165, 1.54) is 23.1 Å². The molecule has 2 aromatic heterocycles. The first-order chi connectivity index (χ1) is 15.2. The Kier molecular flexibility index (Phi) is 6.15. The van der Waals surface area contributed by atoms with Gasteiger partial charge >= 0.3 is 0 Å². The lowest BCUT2D eigenvalue weighted by atomic mass is 10.0. The molecule has 0 radical (unpaired) electrons. The van der Waals surface area contributed by atoms with Gasteiger partial charge in [0, 0.05) is 4.88 Å². The van der Waals surface area contributed by atoms with Crippen molar-refractivity contribution in [3.63, 3.8) is 0 Å². The number of aryl methyl sites for hydroxylation is 4. The number of hydrogen-bond donors (Lipinski definition) is 1. The Hall–Kier alpha value is -2.63. The van der Waals surface area contributed by atoms with E-state index in [4.69, 9.17) is 4.98 Å². The molecule has 8 heteroatoms. The normalized spacial score (nSPS) is 15.1. The quantitative estimate of drug-likeness (QED) is 0.434. The average Bonchev–Trinajstić information content (AvgIpc) is 3.32. The van der Waals surface area contributed by atoms with Crippen molar-refractivity contribution in [3.05, 3.63) is 50.1 Å². The van der Waals surface area contributed by atoms with Crippen LogP contribution in [0.15, 0.2) is 28.2 Å². The van der Waals surface area contributed by atoms with Crippen molar-refractivity contribution in [3.8, 4) is 11.8 Å². The largest absolute Gasteiger partial charge is 0.337 e. The Labute approximate surface area is 195 Å². The number of nitrogens with zero attached hydrogens (tertiary/aromatic N) is 3. The maximum absolute atomic E-state index is 13.6. The lowest BCUT2D eigenvalue weighted by molar-refractivity contribution is -0.119. The molecule has 0 spiro atoms. The second-order valence-electron chi connectivity index (χ2n) is 8.53. The SMILES string of the molecule is Cc1ccc(-n2c(SCC(=O)NC3(C#N)CCCC3)nc3sc(C)c(C)c3c2=O)c(C)c1. The molecule has 3 aromatic rings. The highest BCUT2D eigenvalue weighted by molar-refractivity contribution is 7.99. The summed E-state index contributed by atoms with van der Waals surface area (Å²) < 4.78 is 1.63. The zero-order valence-corrected chi connectivity index (χ0v) is 20.4. The molecule has 0 aliphatic heterocycles. The topological polar surface area (TPSA) is 87.8 Å². The monoisotopic (exact) mass is 466 g/mol. The number of nitriles is 1. The predicted molar refractivity (Wildman–Crippen MR) is 130 cm³/mol. The van der Waals surface area contributed by atoms with E-state index in [0.29, 0.717) is 28.2 Å². The van der Waals surface area contributed by atoms with Crippen LogP contribution in [0.5, 0.6) is 0 Å². The standard InChI is InChI=1S/C24H26N4O2S2/c1-14-7-8-18(15(2)11-14)28-22(30)20-16(3)17(4)32-21(20)26-23(28)31-12-19(29)27-24(13-25)9-5-6-10-24/h7-8,11H,5-6,9-10,12H2,1-4H3,(H,27,29). The van der Waals surface area contributed by atoms with Gasteiger partial charge in [-0.1, -0.05) is 29.5 Å². The highest BCUT2D eigenvalue weighted by Gasteiger charge is 2.35. The van der Waals surface area contributed by atoms with Crippen molar-refractivity contribution in [2.75, 3.05) is 5.75 Å². The second-order valence-corrected chi connectivity index (χ2v) is 10.7. The number of thioether (sulfide) groups is 1. The highest BCUT2D eigenvalue weighted by Crippen LogP contribution is 2.31. The van der Waals surface area contributed by atoms with Crippen molar-refractivity contribution in [1.82, 2.24) is 14.9 Å². The van der Waals surface area contributed by atoms with Crippen molar-refractivity contribution in [2.24, 2.45) is 0 Å². The van der Waals surface area contributed by atoms with Crippen LogP contribution in [0, 0.1) is 39.0 Å². The molecule has 1 saturated carbocycles. The van der Waals surface area contributed by atoms with Crippen LogP contribution in [0.2, 0.25) is 0 Å². The summed E-state index contributed by atoms with van der Waals surface area (Å²) in [6.07, 6.45) is 3.27. The Morgan fingerprint density at radius 2 is 2.00 bits per heavy atom. The van der Waals surface area contributed by atoms with Gasteiger partial charge < -0.3 is 5.32 Å². The number of benzene rings is 1. The number of thiophene rings is 1. The van der Waals surface area contributed by atoms with Crippen molar-refractivity contribution >= 4 is 39.2 Å². The van der Waals surface area contributed by atoms with E-state index in [2.05, 4.69) is 11.4 Å². The third kappa shape index (κ3) is 4.07. The van der Waals surface area contributed by atoms with Gasteiger partial charge in [-0.15, -0.1) is 11.3 Å². The summed E-state index contributed by atoms with van der Waals surface area (Å²) >= 11 is 2.74. The Balaban J connectivity index is 1.74. The number of hydrogen-bond acceptors (Lipinski definition) is 6. The summed E-state index contributed by atoms with van der Waals surface area (Å²) in [7, 11) is 0. The first-order valence-corrected chi connectivity index (χ1v) is 12.5. The molecule has 166 valence electrons. The van der Waals surface area contributed by atoms with Crippen LogP contribution in [0.3, 0.4) is 0 Å². The fourth-order valence-electron chi connectivity index (χ4n) is 4.32. The number of carbonyl (C=O) groups is 1. The zero-order chi connectivity index (χ0) is 23.0. The van der Waals surface area contributed by atoms with Gasteiger partial charge in [0.2, 0.25) is 5.91 Å². The third-order valence-corrected chi connectivity index (χ3v) is 8.19. The molecule has 0 saturated heterocycles. The van der Waals surface area contributed by atoms with Crippen molar-refractivity contribution < 1.29 is 4.79 Å². The minimum Gasteiger partial charge on any atom is -0.337 e. The van der Waals surface area contributed by atoms with Gasteiger partial charge in [0.15, 0.2) is 5.16 Å². The highest BCUT2D eigenvalue weighted by atomic mass is 32.2. The number of fused-ring (bicyclic) bond motifs is 1. The van der Waals surface area contributed by atoms with Crippen LogP contribution in [0.25, 0.3) is 15.9 Å². The first kappa shape index (κ1) is 22.6. The summed E-state index contributed by atoms with van der Waals surface area (Å²) in [4.78, 5) is 32.9. The third-order valence-electron chi connectivity index (χ3n) is 6.15. The zero-order valence-electron chi connectivity index (χ0n) is 18.7. The number of amides is 1. The van der Waals surface area contributed by atoms with Crippen LogP contribution in [-0.4, -0.2) is 26.8 Å². The molecule has 0 bridgehead atoms. The summed E-state index contributed by atoms with van der Waals surface area (Å²) in [5, 5.41) is 13.6. The van der Waals surface area contributed by atoms with E-state index in [9.17, 15) is 14.9 Å². The molecule has 1 aliphatic carbocycles. The van der Waals surface area contributed by atoms with Crippen LogP contribution in [-0.2, 0) is 4.79 Å². The maximum Gasteiger partial charge on any atom is 0.267 e. The molecular weight excluding hydrogens is 440 g/mol. The number of carbonyl (C=O) groups excluding carboxylic acids is 1. The van der Waals surface area contributed by atoms with Crippen LogP contribution >= 0.6 is 23.1 Å². The molecule has 1 N–H and O–H groups in total. The number of aromatic nitrogens is 2. The molecule has 1 aromatic carbocycles.